The van der Waals surface area contributed by atoms with Gasteiger partial charge >= 0.3 is 0 Å². The molecular formula is C16H22N2O4. The quantitative estimate of drug-likeness (QED) is 0.800. The van der Waals surface area contributed by atoms with E-state index in [1.165, 1.54) is 0 Å². The van der Waals surface area contributed by atoms with E-state index in [9.17, 15) is 4.79 Å². The van der Waals surface area contributed by atoms with E-state index in [0.29, 0.717) is 19.8 Å². The van der Waals surface area contributed by atoms with Gasteiger partial charge in [0.25, 0.3) is 0 Å². The Kier molecular flexibility index (Phi) is 5.13. The van der Waals surface area contributed by atoms with Crippen molar-refractivity contribution in [1.29, 1.82) is 0 Å². The highest BCUT2D eigenvalue weighted by molar-refractivity contribution is 5.77. The summed E-state index contributed by atoms with van der Waals surface area (Å²) in [6, 6.07) is 5.92. The first kappa shape index (κ1) is 15.1. The molecule has 6 heteroatoms. The average molecular weight is 306 g/mol. The van der Waals surface area contributed by atoms with Crippen LogP contribution in [0.4, 0.5) is 0 Å². The van der Waals surface area contributed by atoms with E-state index in [1.54, 1.807) is 0 Å². The van der Waals surface area contributed by atoms with Crippen LogP contribution in [-0.2, 0) is 16.0 Å². The second-order valence-electron chi connectivity index (χ2n) is 5.41. The predicted molar refractivity (Wildman–Crippen MR) is 81.4 cm³/mol. The van der Waals surface area contributed by atoms with E-state index in [1.807, 2.05) is 23.1 Å². The van der Waals surface area contributed by atoms with Gasteiger partial charge in [-0.15, -0.1) is 0 Å². The molecule has 2 heterocycles. The topological polar surface area (TPSA) is 60.0 Å². The smallest absolute Gasteiger partial charge is 0.248 e. The Morgan fingerprint density at radius 1 is 1.18 bits per heavy atom. The van der Waals surface area contributed by atoms with Crippen LogP contribution < -0.4 is 14.8 Å². The minimum atomic E-state index is 0.0728. The third kappa shape index (κ3) is 3.90. The number of hydrogen-bond acceptors (Lipinski definition) is 5. The van der Waals surface area contributed by atoms with Crippen LogP contribution in [0.3, 0.4) is 0 Å². The van der Waals surface area contributed by atoms with Crippen molar-refractivity contribution in [1.82, 2.24) is 10.2 Å². The number of carbonyl (C=O) groups excluding carboxylic acids is 1. The predicted octanol–water partition coefficient (Wildman–Crippen LogP) is 0.449. The Labute approximate surface area is 130 Å². The zero-order chi connectivity index (χ0) is 15.2. The minimum absolute atomic E-state index is 0.0728. The molecule has 0 aromatic heterocycles. The second kappa shape index (κ2) is 7.47. The molecule has 6 nitrogen and oxygen atoms in total. The van der Waals surface area contributed by atoms with E-state index in [0.717, 1.165) is 49.7 Å². The standard InChI is InChI=1S/C16H22N2O4/c19-16(18-6-4-17-5-7-18)12-20-8-3-13-1-2-14-15(11-13)22-10-9-21-14/h1-2,11,17H,3-10,12H2. The maximum absolute atomic E-state index is 11.9. The van der Waals surface area contributed by atoms with Crippen LogP contribution in [-0.4, -0.2) is 63.4 Å². The van der Waals surface area contributed by atoms with Gasteiger partial charge in [0, 0.05) is 26.2 Å². The molecule has 0 unspecified atom stereocenters. The number of benzene rings is 1. The van der Waals surface area contributed by atoms with E-state index < -0.39 is 0 Å². The van der Waals surface area contributed by atoms with Crippen molar-refractivity contribution in [2.45, 2.75) is 6.42 Å². The number of piperazine rings is 1. The van der Waals surface area contributed by atoms with Gasteiger partial charge in [-0.25, -0.2) is 0 Å². The van der Waals surface area contributed by atoms with Crippen LogP contribution in [0.1, 0.15) is 5.56 Å². The summed E-state index contributed by atoms with van der Waals surface area (Å²) in [4.78, 5) is 13.8. The molecule has 120 valence electrons. The van der Waals surface area contributed by atoms with Gasteiger partial charge in [-0.3, -0.25) is 4.79 Å². The summed E-state index contributed by atoms with van der Waals surface area (Å²) in [5.41, 5.74) is 1.12. The third-order valence-corrected chi connectivity index (χ3v) is 3.84. The number of carbonyl (C=O) groups is 1. The van der Waals surface area contributed by atoms with Gasteiger partial charge in [-0.05, 0) is 24.1 Å². The number of nitrogens with zero attached hydrogens (tertiary/aromatic N) is 1. The fourth-order valence-corrected chi connectivity index (χ4v) is 2.60. The molecule has 1 saturated heterocycles. The normalized spacial score (nSPS) is 17.4. The number of rotatable bonds is 5. The summed E-state index contributed by atoms with van der Waals surface area (Å²) in [6.45, 7) is 5.14. The third-order valence-electron chi connectivity index (χ3n) is 3.84. The average Bonchev–Trinajstić information content (AvgIpc) is 2.59. The molecule has 0 bridgehead atoms. The van der Waals surface area contributed by atoms with Crippen molar-refractivity contribution in [2.75, 3.05) is 52.6 Å². The number of fused-ring (bicyclic) bond motifs is 1. The van der Waals surface area contributed by atoms with Crippen LogP contribution in [0.2, 0.25) is 0 Å². The molecule has 0 spiro atoms. The lowest BCUT2D eigenvalue weighted by Gasteiger charge is -2.27. The number of hydrogen-bond donors (Lipinski definition) is 1. The SMILES string of the molecule is O=C(COCCc1ccc2c(c1)OCCO2)N1CCNCC1. The molecule has 0 aliphatic carbocycles. The maximum atomic E-state index is 11.9. The molecule has 1 aromatic carbocycles. The van der Waals surface area contributed by atoms with Gasteiger partial charge < -0.3 is 24.4 Å². The molecular weight excluding hydrogens is 284 g/mol. The van der Waals surface area contributed by atoms with Gasteiger partial charge in [-0.2, -0.15) is 0 Å². The minimum Gasteiger partial charge on any atom is -0.486 e. The molecule has 1 fully saturated rings. The van der Waals surface area contributed by atoms with Gasteiger partial charge in [0.1, 0.15) is 19.8 Å². The molecule has 22 heavy (non-hydrogen) atoms. The fourth-order valence-electron chi connectivity index (χ4n) is 2.60. The Morgan fingerprint density at radius 2 is 1.95 bits per heavy atom. The zero-order valence-electron chi connectivity index (χ0n) is 12.7. The molecule has 2 aliphatic rings. The summed E-state index contributed by atoms with van der Waals surface area (Å²) in [5.74, 6) is 1.66. The Balaban J connectivity index is 1.40. The van der Waals surface area contributed by atoms with E-state index in [4.69, 9.17) is 14.2 Å². The Hall–Kier alpha value is -1.79. The number of ether oxygens (including phenoxy) is 3. The summed E-state index contributed by atoms with van der Waals surface area (Å²) >= 11 is 0. The van der Waals surface area contributed by atoms with Gasteiger partial charge in [0.15, 0.2) is 11.5 Å². The van der Waals surface area contributed by atoms with Crippen molar-refractivity contribution in [3.8, 4) is 11.5 Å². The van der Waals surface area contributed by atoms with Crippen molar-refractivity contribution in [2.24, 2.45) is 0 Å². The van der Waals surface area contributed by atoms with Gasteiger partial charge in [0.2, 0.25) is 5.91 Å². The fraction of sp³-hybridized carbons (Fsp3) is 0.562. The van der Waals surface area contributed by atoms with Crippen molar-refractivity contribution in [3.05, 3.63) is 23.8 Å². The molecule has 3 rings (SSSR count). The maximum Gasteiger partial charge on any atom is 0.248 e. The molecule has 0 radical (unpaired) electrons. The highest BCUT2D eigenvalue weighted by atomic mass is 16.6. The summed E-state index contributed by atoms with van der Waals surface area (Å²) in [7, 11) is 0. The Bertz CT molecular complexity index is 515. The molecule has 1 aromatic rings. The van der Waals surface area contributed by atoms with Crippen LogP contribution in [0.15, 0.2) is 18.2 Å². The van der Waals surface area contributed by atoms with Crippen molar-refractivity contribution in [3.63, 3.8) is 0 Å². The van der Waals surface area contributed by atoms with Crippen LogP contribution in [0.25, 0.3) is 0 Å². The van der Waals surface area contributed by atoms with Crippen LogP contribution in [0, 0.1) is 0 Å². The first-order valence-electron chi connectivity index (χ1n) is 7.78. The highest BCUT2D eigenvalue weighted by Gasteiger charge is 2.16. The number of amides is 1. The van der Waals surface area contributed by atoms with Crippen LogP contribution in [0.5, 0.6) is 11.5 Å². The summed E-state index contributed by atoms with van der Waals surface area (Å²) < 4.78 is 16.6. The summed E-state index contributed by atoms with van der Waals surface area (Å²) in [5, 5.41) is 3.23. The molecule has 1 amide bonds. The zero-order valence-corrected chi connectivity index (χ0v) is 12.7. The van der Waals surface area contributed by atoms with Gasteiger partial charge in [0.05, 0.1) is 6.61 Å². The monoisotopic (exact) mass is 306 g/mol. The lowest BCUT2D eigenvalue weighted by Crippen LogP contribution is -2.47. The Morgan fingerprint density at radius 3 is 2.77 bits per heavy atom. The second-order valence-corrected chi connectivity index (χ2v) is 5.41. The van der Waals surface area contributed by atoms with Crippen molar-refractivity contribution < 1.29 is 19.0 Å². The lowest BCUT2D eigenvalue weighted by atomic mass is 10.1. The lowest BCUT2D eigenvalue weighted by molar-refractivity contribution is -0.136. The first-order valence-corrected chi connectivity index (χ1v) is 7.78. The van der Waals surface area contributed by atoms with Crippen LogP contribution >= 0.6 is 0 Å². The van der Waals surface area contributed by atoms with E-state index in [-0.39, 0.29) is 12.5 Å². The molecule has 0 saturated carbocycles. The van der Waals surface area contributed by atoms with E-state index in [2.05, 4.69) is 5.32 Å². The number of nitrogens with one attached hydrogen (secondary N) is 1. The first-order chi connectivity index (χ1) is 10.8. The van der Waals surface area contributed by atoms with Gasteiger partial charge in [-0.1, -0.05) is 6.07 Å². The highest BCUT2D eigenvalue weighted by Crippen LogP contribution is 2.30. The largest absolute Gasteiger partial charge is 0.486 e. The van der Waals surface area contributed by atoms with E-state index >= 15 is 0 Å². The molecule has 1 N–H and O–H groups in total. The van der Waals surface area contributed by atoms with Crippen molar-refractivity contribution >= 4 is 5.91 Å². The molecule has 2 aliphatic heterocycles. The molecule has 0 atom stereocenters. The summed E-state index contributed by atoms with van der Waals surface area (Å²) in [6.07, 6.45) is 0.755.